The van der Waals surface area contributed by atoms with Crippen LogP contribution in [-0.2, 0) is 0 Å². The summed E-state index contributed by atoms with van der Waals surface area (Å²) in [5.74, 6) is 0. The van der Waals surface area contributed by atoms with Crippen LogP contribution in [0.2, 0.25) is 0 Å². The van der Waals surface area contributed by atoms with Gasteiger partial charge in [-0.05, 0) is 0 Å². The summed E-state index contributed by atoms with van der Waals surface area (Å²) in [6, 6.07) is 0. The van der Waals surface area contributed by atoms with E-state index < -0.39 is 0 Å². The zero-order chi connectivity index (χ0) is 9.46. The molecule has 0 unspecified atom stereocenters. The molecule has 66 valence electrons. The van der Waals surface area contributed by atoms with Crippen molar-refractivity contribution in [2.24, 2.45) is 0 Å². The van der Waals surface area contributed by atoms with E-state index in [1.54, 1.807) is 19.6 Å². The molecule has 0 aliphatic heterocycles. The van der Waals surface area contributed by atoms with Gasteiger partial charge in [-0.3, -0.25) is 0 Å². The molecule has 1 rings (SSSR count). The summed E-state index contributed by atoms with van der Waals surface area (Å²) in [7, 11) is 0. The van der Waals surface area contributed by atoms with Crippen molar-refractivity contribution in [3.05, 3.63) is 0 Å². The second-order valence-corrected chi connectivity index (χ2v) is 10.7. The Morgan fingerprint density at radius 3 is 0.500 bits per heavy atom. The van der Waals surface area contributed by atoms with Crippen molar-refractivity contribution in [1.29, 1.82) is 0 Å². The molecule has 0 N–H and O–H groups in total. The van der Waals surface area contributed by atoms with Gasteiger partial charge in [0, 0.05) is 0 Å². The van der Waals surface area contributed by atoms with E-state index in [0.29, 0.717) is 0 Å². The molecular weight excluding hydrogens is 1330 g/mol. The van der Waals surface area contributed by atoms with Gasteiger partial charge in [-0.1, -0.05) is 0 Å². The van der Waals surface area contributed by atoms with Crippen LogP contribution in [0.25, 0.3) is 0 Å². The van der Waals surface area contributed by atoms with Crippen LogP contribution in [-0.4, -0.2) is 0 Å². The SMILES string of the molecule is [At]c1c([At])c([At])c([At])c([At])c1[At]. The fourth-order valence-electron chi connectivity index (χ4n) is 0.578. The van der Waals surface area contributed by atoms with E-state index >= 15 is 0 Å². The van der Waals surface area contributed by atoms with Crippen LogP contribution in [0.1, 0.15) is 0 Å². The van der Waals surface area contributed by atoms with Crippen molar-refractivity contribution in [3.8, 4) is 0 Å². The molecule has 1 aromatic rings. The quantitative estimate of drug-likeness (QED) is 0.257. The summed E-state index contributed by atoms with van der Waals surface area (Å²) < 4.78 is 9.58. The minimum atomic E-state index is 1.60. The van der Waals surface area contributed by atoms with Crippen LogP contribution in [0.3, 0.4) is 0 Å². The molecule has 0 amide bonds. The molecule has 0 aliphatic carbocycles. The first-order chi connectivity index (χ1) is 5.46. The normalized spacial score (nSPS) is 10.5. The van der Waals surface area contributed by atoms with Gasteiger partial charge in [0.1, 0.15) is 0 Å². The van der Waals surface area contributed by atoms with Gasteiger partial charge in [0.25, 0.3) is 0 Å². The van der Waals surface area contributed by atoms with Crippen molar-refractivity contribution < 1.29 is 148 Å². The molecule has 0 fully saturated rings. The predicted octanol–water partition coefficient (Wildman–Crippen LogP) is -3.27. The van der Waals surface area contributed by atoms with E-state index in [-0.39, 0.29) is 0 Å². The fraction of sp³-hybridized carbons (Fsp3) is 0. The van der Waals surface area contributed by atoms with E-state index in [9.17, 15) is 0 Å². The van der Waals surface area contributed by atoms with Crippen molar-refractivity contribution in [2.75, 3.05) is 0 Å². The Kier molecular flexibility index (Phi) is 7.84. The molecule has 0 radical (unpaired) electrons. The molecular formula is C6At6. The first-order valence-electron chi connectivity index (χ1n) is 2.63. The third kappa shape index (κ3) is 3.26. The van der Waals surface area contributed by atoms with E-state index in [4.69, 9.17) is 0 Å². The van der Waals surface area contributed by atoms with Crippen molar-refractivity contribution >= 4 is 19.6 Å². The summed E-state index contributed by atoms with van der Waals surface area (Å²) >= 11 is 11.1. The van der Waals surface area contributed by atoms with Crippen LogP contribution in [0.15, 0.2) is 0 Å². The Morgan fingerprint density at radius 1 is 0.333 bits per heavy atom. The fourth-order valence-corrected chi connectivity index (χ4v) is 10.9. The molecule has 0 saturated heterocycles. The van der Waals surface area contributed by atoms with Crippen LogP contribution in [0.5, 0.6) is 0 Å². The number of hydrogen-bond acceptors (Lipinski definition) is 0. The molecule has 0 spiro atoms. The second kappa shape index (κ2) is 6.45. The van der Waals surface area contributed by atoms with Gasteiger partial charge in [-0.2, -0.15) is 0 Å². The monoisotopic (exact) mass is 1330 g/mol. The third-order valence-corrected chi connectivity index (χ3v) is 21.8. The first kappa shape index (κ1) is 14.6. The molecule has 0 atom stereocenters. The topological polar surface area (TPSA) is 0 Å². The first-order valence-corrected chi connectivity index (χ1v) is 11.4. The maximum absolute atomic E-state index is 1.85. The van der Waals surface area contributed by atoms with Gasteiger partial charge in [0.2, 0.25) is 0 Å². The number of rotatable bonds is 0. The van der Waals surface area contributed by atoms with Gasteiger partial charge >= 0.3 is 168 Å². The Bertz CT molecular complexity index is 226. The van der Waals surface area contributed by atoms with Gasteiger partial charge in [0.05, 0.1) is 0 Å². The molecule has 0 aromatic heterocycles. The van der Waals surface area contributed by atoms with Gasteiger partial charge in [-0.25, -0.2) is 0 Å². The van der Waals surface area contributed by atoms with Crippen LogP contribution in [0.4, 0.5) is 0 Å². The van der Waals surface area contributed by atoms with E-state index in [2.05, 4.69) is 0 Å². The summed E-state index contributed by atoms with van der Waals surface area (Å²) in [5.41, 5.74) is 0. The Labute approximate surface area is 163 Å². The average Bonchev–Trinajstić information content (AvgIpc) is 2.08. The third-order valence-electron chi connectivity index (χ3n) is 1.16. The maximum atomic E-state index is 1.85. The van der Waals surface area contributed by atoms with E-state index in [1.165, 1.54) is 0 Å². The zero-order valence-electron chi connectivity index (χ0n) is 5.27. The van der Waals surface area contributed by atoms with E-state index in [0.717, 1.165) is 0 Å². The van der Waals surface area contributed by atoms with Crippen molar-refractivity contribution in [1.82, 2.24) is 0 Å². The standard InChI is InChI=1S/C6At6/c7-1-2(8)4(10)6(12)5(11)3(1)9. The molecule has 0 aliphatic rings. The molecule has 0 nitrogen and oxygen atoms in total. The molecule has 0 bridgehead atoms. The van der Waals surface area contributed by atoms with Gasteiger partial charge in [0.15, 0.2) is 0 Å². The Morgan fingerprint density at radius 2 is 0.417 bits per heavy atom. The van der Waals surface area contributed by atoms with E-state index in [1.807, 2.05) is 148 Å². The summed E-state index contributed by atoms with van der Waals surface area (Å²) in [4.78, 5) is 0. The zero-order valence-corrected chi connectivity index (χ0v) is 22.9. The summed E-state index contributed by atoms with van der Waals surface area (Å²) in [6.07, 6.45) is 0. The van der Waals surface area contributed by atoms with Gasteiger partial charge < -0.3 is 0 Å². The molecule has 1 aromatic carbocycles. The Balaban J connectivity index is 3.60. The number of hydrogen-bond donors (Lipinski definition) is 0. The van der Waals surface area contributed by atoms with Crippen molar-refractivity contribution in [3.63, 3.8) is 0 Å². The molecule has 0 saturated carbocycles. The van der Waals surface area contributed by atoms with Crippen molar-refractivity contribution in [2.45, 2.75) is 0 Å². The minimum absolute atomic E-state index is 1.60. The van der Waals surface area contributed by atoms with Crippen LogP contribution < -0.4 is 19.6 Å². The average molecular weight is 1330 g/mol. The molecule has 0 heterocycles. The second-order valence-electron chi connectivity index (χ2n) is 1.88. The molecule has 12 heavy (non-hydrogen) atoms. The predicted molar refractivity (Wildman–Crippen MR) is 24.2 cm³/mol. The summed E-state index contributed by atoms with van der Waals surface area (Å²) in [5, 5.41) is 0. The van der Waals surface area contributed by atoms with Crippen LogP contribution in [0, 0.1) is 148 Å². The number of benzene rings is 1. The van der Waals surface area contributed by atoms with Crippen LogP contribution >= 0.6 is 0 Å². The summed E-state index contributed by atoms with van der Waals surface area (Å²) in [6.45, 7) is 0. The Hall–Kier alpha value is 4.52. The molecule has 6 heteroatoms. The van der Waals surface area contributed by atoms with Gasteiger partial charge in [-0.15, -0.1) is 0 Å².